The van der Waals surface area contributed by atoms with Gasteiger partial charge in [-0.15, -0.1) is 0 Å². The third kappa shape index (κ3) is 3.18. The molecule has 1 aromatic carbocycles. The Bertz CT molecular complexity index is 721. The first kappa shape index (κ1) is 18.7. The van der Waals surface area contributed by atoms with Crippen LogP contribution >= 0.6 is 11.6 Å². The minimum Gasteiger partial charge on any atom is -0.338 e. The molecule has 2 unspecified atom stereocenters. The summed E-state index contributed by atoms with van der Waals surface area (Å²) in [7, 11) is 0. The number of nitrogens with one attached hydrogen (secondary N) is 1. The van der Waals surface area contributed by atoms with Crippen molar-refractivity contribution in [1.29, 1.82) is 0 Å². The van der Waals surface area contributed by atoms with Crippen molar-refractivity contribution in [2.24, 2.45) is 0 Å². The SMILES string of the molecule is CCC1(c2ccc(Cl)cc2)NC(=O)N(CC(=O)N2CCCCC2C)C1=O. The number of urea groups is 1. The highest BCUT2D eigenvalue weighted by Gasteiger charge is 2.51. The first-order valence-corrected chi connectivity index (χ1v) is 9.46. The summed E-state index contributed by atoms with van der Waals surface area (Å²) in [5.74, 6) is -0.561. The second kappa shape index (κ2) is 7.27. The molecule has 0 aliphatic carbocycles. The zero-order valence-electron chi connectivity index (χ0n) is 15.1. The monoisotopic (exact) mass is 377 g/mol. The molecule has 6 nitrogen and oxygen atoms in total. The van der Waals surface area contributed by atoms with Gasteiger partial charge >= 0.3 is 6.03 Å². The van der Waals surface area contributed by atoms with E-state index in [9.17, 15) is 14.4 Å². The van der Waals surface area contributed by atoms with Gasteiger partial charge in [-0.05, 0) is 50.3 Å². The van der Waals surface area contributed by atoms with Gasteiger partial charge in [0, 0.05) is 17.6 Å². The fourth-order valence-electron chi connectivity index (χ4n) is 3.84. The number of benzene rings is 1. The van der Waals surface area contributed by atoms with Crippen molar-refractivity contribution in [3.63, 3.8) is 0 Å². The number of hydrogen-bond acceptors (Lipinski definition) is 3. The van der Waals surface area contributed by atoms with Crippen molar-refractivity contribution in [3.05, 3.63) is 34.9 Å². The lowest BCUT2D eigenvalue weighted by Crippen LogP contribution is -2.49. The summed E-state index contributed by atoms with van der Waals surface area (Å²) in [4.78, 5) is 41.1. The van der Waals surface area contributed by atoms with Gasteiger partial charge in [-0.3, -0.25) is 14.5 Å². The number of amides is 4. The molecule has 26 heavy (non-hydrogen) atoms. The number of likely N-dealkylation sites (tertiary alicyclic amines) is 1. The highest BCUT2D eigenvalue weighted by atomic mass is 35.5. The van der Waals surface area contributed by atoms with Crippen LogP contribution in [0.4, 0.5) is 4.79 Å². The third-order valence-electron chi connectivity index (χ3n) is 5.46. The van der Waals surface area contributed by atoms with Crippen molar-refractivity contribution in [3.8, 4) is 0 Å². The molecular formula is C19H24ClN3O3. The maximum absolute atomic E-state index is 13.1. The summed E-state index contributed by atoms with van der Waals surface area (Å²) in [6.45, 7) is 4.31. The van der Waals surface area contributed by atoms with E-state index < -0.39 is 11.6 Å². The summed E-state index contributed by atoms with van der Waals surface area (Å²) < 4.78 is 0. The molecule has 0 aromatic heterocycles. The Morgan fingerprint density at radius 2 is 1.96 bits per heavy atom. The van der Waals surface area contributed by atoms with Gasteiger partial charge in [-0.1, -0.05) is 30.7 Å². The first-order chi connectivity index (χ1) is 12.4. The Balaban J connectivity index is 1.81. The molecule has 2 heterocycles. The number of hydrogen-bond donors (Lipinski definition) is 1. The minimum atomic E-state index is -1.14. The molecular weight excluding hydrogens is 354 g/mol. The summed E-state index contributed by atoms with van der Waals surface area (Å²) in [5, 5.41) is 3.35. The van der Waals surface area contributed by atoms with Gasteiger partial charge < -0.3 is 10.2 Å². The van der Waals surface area contributed by atoms with Gasteiger partial charge in [-0.25, -0.2) is 4.79 Å². The molecule has 0 radical (unpaired) electrons. The van der Waals surface area contributed by atoms with Crippen molar-refractivity contribution in [2.45, 2.75) is 51.1 Å². The number of piperidine rings is 1. The fourth-order valence-corrected chi connectivity index (χ4v) is 3.96. The van der Waals surface area contributed by atoms with E-state index in [2.05, 4.69) is 5.32 Å². The normalized spacial score (nSPS) is 26.2. The lowest BCUT2D eigenvalue weighted by atomic mass is 9.87. The van der Waals surface area contributed by atoms with Crippen LogP contribution in [0, 0.1) is 0 Å². The smallest absolute Gasteiger partial charge is 0.325 e. The molecule has 7 heteroatoms. The van der Waals surface area contributed by atoms with E-state index in [0.29, 0.717) is 23.6 Å². The van der Waals surface area contributed by atoms with E-state index in [1.165, 1.54) is 0 Å². The Kier molecular flexibility index (Phi) is 5.23. The van der Waals surface area contributed by atoms with Crippen LogP contribution in [-0.4, -0.2) is 46.8 Å². The summed E-state index contributed by atoms with van der Waals surface area (Å²) >= 11 is 5.94. The predicted octanol–water partition coefficient (Wildman–Crippen LogP) is 2.90. The number of nitrogens with zero attached hydrogens (tertiary/aromatic N) is 2. The van der Waals surface area contributed by atoms with Gasteiger partial charge in [0.15, 0.2) is 0 Å². The van der Waals surface area contributed by atoms with Crippen LogP contribution in [0.1, 0.15) is 45.1 Å². The molecule has 3 rings (SSSR count). The third-order valence-corrected chi connectivity index (χ3v) is 5.71. The molecule has 2 fully saturated rings. The molecule has 2 aliphatic rings. The summed E-state index contributed by atoms with van der Waals surface area (Å²) in [6.07, 6.45) is 3.41. The first-order valence-electron chi connectivity index (χ1n) is 9.08. The van der Waals surface area contributed by atoms with Crippen molar-refractivity contribution < 1.29 is 14.4 Å². The molecule has 0 saturated carbocycles. The predicted molar refractivity (Wildman–Crippen MR) is 98.7 cm³/mol. The second-order valence-corrected chi connectivity index (χ2v) is 7.46. The van der Waals surface area contributed by atoms with Gasteiger partial charge in [0.1, 0.15) is 12.1 Å². The zero-order chi connectivity index (χ0) is 18.9. The summed E-state index contributed by atoms with van der Waals surface area (Å²) in [5.41, 5.74) is -0.473. The van der Waals surface area contributed by atoms with Crippen LogP contribution in [0.2, 0.25) is 5.02 Å². The average molecular weight is 378 g/mol. The molecule has 0 spiro atoms. The van der Waals surface area contributed by atoms with E-state index in [0.717, 1.165) is 24.2 Å². The van der Waals surface area contributed by atoms with E-state index in [1.807, 2.05) is 13.8 Å². The fraction of sp³-hybridized carbons (Fsp3) is 0.526. The number of imide groups is 1. The van der Waals surface area contributed by atoms with Crippen molar-refractivity contribution in [1.82, 2.24) is 15.1 Å². The maximum atomic E-state index is 13.1. The van der Waals surface area contributed by atoms with E-state index in [-0.39, 0.29) is 24.4 Å². The van der Waals surface area contributed by atoms with E-state index >= 15 is 0 Å². The van der Waals surface area contributed by atoms with Gasteiger partial charge in [0.05, 0.1) is 0 Å². The lowest BCUT2D eigenvalue weighted by Gasteiger charge is -2.34. The lowest BCUT2D eigenvalue weighted by molar-refractivity contribution is -0.141. The van der Waals surface area contributed by atoms with E-state index in [1.54, 1.807) is 29.2 Å². The van der Waals surface area contributed by atoms with Gasteiger partial charge in [0.2, 0.25) is 5.91 Å². The van der Waals surface area contributed by atoms with Crippen LogP contribution in [0.25, 0.3) is 0 Å². The average Bonchev–Trinajstić information content (AvgIpc) is 2.87. The molecule has 2 saturated heterocycles. The number of halogens is 1. The minimum absolute atomic E-state index is 0.143. The highest BCUT2D eigenvalue weighted by Crippen LogP contribution is 2.33. The molecule has 0 bridgehead atoms. The van der Waals surface area contributed by atoms with Gasteiger partial charge in [-0.2, -0.15) is 0 Å². The number of carbonyl (C=O) groups excluding carboxylic acids is 3. The number of rotatable bonds is 4. The van der Waals surface area contributed by atoms with Crippen LogP contribution in [0.5, 0.6) is 0 Å². The second-order valence-electron chi connectivity index (χ2n) is 7.02. The molecule has 1 N–H and O–H groups in total. The maximum Gasteiger partial charge on any atom is 0.325 e. The standard InChI is InChI=1S/C19H24ClN3O3/c1-3-19(14-7-9-15(20)10-8-14)17(25)23(18(26)21-19)12-16(24)22-11-5-4-6-13(22)2/h7-10,13H,3-6,11-12H2,1-2H3,(H,21,26). The van der Waals surface area contributed by atoms with Crippen molar-refractivity contribution >= 4 is 29.4 Å². The Morgan fingerprint density at radius 3 is 2.58 bits per heavy atom. The largest absolute Gasteiger partial charge is 0.338 e. The Hall–Kier alpha value is -2.08. The molecule has 2 atom stereocenters. The van der Waals surface area contributed by atoms with Crippen LogP contribution < -0.4 is 5.32 Å². The van der Waals surface area contributed by atoms with E-state index in [4.69, 9.17) is 11.6 Å². The summed E-state index contributed by atoms with van der Waals surface area (Å²) in [6, 6.07) is 6.48. The number of carbonyl (C=O) groups is 3. The van der Waals surface area contributed by atoms with Gasteiger partial charge in [0.25, 0.3) is 5.91 Å². The van der Waals surface area contributed by atoms with Crippen molar-refractivity contribution in [2.75, 3.05) is 13.1 Å². The molecule has 2 aliphatic heterocycles. The quantitative estimate of drug-likeness (QED) is 0.820. The molecule has 140 valence electrons. The van der Waals surface area contributed by atoms with Crippen LogP contribution in [0.3, 0.4) is 0 Å². The topological polar surface area (TPSA) is 69.7 Å². The van der Waals surface area contributed by atoms with Crippen LogP contribution in [-0.2, 0) is 15.1 Å². The molecule has 4 amide bonds. The van der Waals surface area contributed by atoms with Crippen LogP contribution in [0.15, 0.2) is 24.3 Å². The Labute approximate surface area is 158 Å². The Morgan fingerprint density at radius 1 is 1.27 bits per heavy atom. The molecule has 1 aromatic rings. The highest BCUT2D eigenvalue weighted by molar-refractivity contribution is 6.30. The zero-order valence-corrected chi connectivity index (χ0v) is 15.9.